The molecule has 1 aromatic heterocycles. The first kappa shape index (κ1) is 25.6. The second kappa shape index (κ2) is 10.7. The summed E-state index contributed by atoms with van der Waals surface area (Å²) in [6, 6.07) is 16.0. The Hall–Kier alpha value is -3.45. The summed E-state index contributed by atoms with van der Waals surface area (Å²) in [4.78, 5) is 27.4. The van der Waals surface area contributed by atoms with E-state index in [1.54, 1.807) is 7.11 Å². The zero-order valence-corrected chi connectivity index (χ0v) is 22.4. The fourth-order valence-electron chi connectivity index (χ4n) is 4.41. The molecule has 1 fully saturated rings. The Balaban J connectivity index is 1.50. The maximum Gasteiger partial charge on any atom is 0.293 e. The quantitative estimate of drug-likeness (QED) is 0.322. The molecule has 1 saturated heterocycles. The third-order valence-corrected chi connectivity index (χ3v) is 7.21. The van der Waals surface area contributed by atoms with Crippen molar-refractivity contribution in [1.29, 1.82) is 0 Å². The Kier molecular flexibility index (Phi) is 7.59. The van der Waals surface area contributed by atoms with Gasteiger partial charge in [-0.15, -0.1) is 0 Å². The predicted molar refractivity (Wildman–Crippen MR) is 145 cm³/mol. The third kappa shape index (κ3) is 5.21. The number of aryl methyl sites for hydroxylation is 2. The molecule has 6 nitrogen and oxygen atoms in total. The molecule has 0 unspecified atom stereocenters. The number of carbonyl (C=O) groups is 2. The Morgan fingerprint density at radius 1 is 1.03 bits per heavy atom. The van der Waals surface area contributed by atoms with Crippen molar-refractivity contribution >= 4 is 29.0 Å². The standard InChI is InChI=1S/C29H32N2O4S/c1-18(2)25-11-10-19(3)14-26(25)35-13-12-30-28(32)27(36-29(30)33)16-22-15-20(4)31(21(22)5)23-8-7-9-24(17-23)34-6/h7-11,14-18H,12-13H2,1-6H3/b27-16-. The van der Waals surface area contributed by atoms with E-state index in [0.29, 0.717) is 10.8 Å². The lowest BCUT2D eigenvalue weighted by Crippen LogP contribution is -2.32. The van der Waals surface area contributed by atoms with Gasteiger partial charge in [0.25, 0.3) is 11.1 Å². The van der Waals surface area contributed by atoms with Crippen LogP contribution in [0.4, 0.5) is 4.79 Å². The molecule has 0 atom stereocenters. The maximum absolute atomic E-state index is 13.1. The molecule has 0 bridgehead atoms. The first-order valence-electron chi connectivity index (χ1n) is 12.0. The molecular formula is C29H32N2O4S. The molecule has 1 aliphatic heterocycles. The van der Waals surface area contributed by atoms with Gasteiger partial charge < -0.3 is 14.0 Å². The van der Waals surface area contributed by atoms with Crippen LogP contribution < -0.4 is 9.47 Å². The van der Waals surface area contributed by atoms with Crippen molar-refractivity contribution in [1.82, 2.24) is 9.47 Å². The summed E-state index contributed by atoms with van der Waals surface area (Å²) < 4.78 is 13.5. The molecule has 2 amide bonds. The SMILES string of the molecule is COc1cccc(-n2c(C)cc(/C=C3\SC(=O)N(CCOc4cc(C)ccc4C(C)C)C3=O)c2C)c1. The van der Waals surface area contributed by atoms with E-state index >= 15 is 0 Å². The largest absolute Gasteiger partial charge is 0.497 e. The Labute approximate surface area is 216 Å². The first-order valence-corrected chi connectivity index (χ1v) is 12.8. The molecule has 0 saturated carbocycles. The molecule has 2 heterocycles. The van der Waals surface area contributed by atoms with Crippen LogP contribution in [-0.4, -0.2) is 40.9 Å². The number of nitrogens with zero attached hydrogens (tertiary/aromatic N) is 2. The molecule has 188 valence electrons. The number of thioether (sulfide) groups is 1. The fourth-order valence-corrected chi connectivity index (χ4v) is 5.26. The number of ether oxygens (including phenoxy) is 2. The smallest absolute Gasteiger partial charge is 0.293 e. The van der Waals surface area contributed by atoms with E-state index in [9.17, 15) is 9.59 Å². The van der Waals surface area contributed by atoms with E-state index in [2.05, 4.69) is 30.5 Å². The van der Waals surface area contributed by atoms with Gasteiger partial charge in [0.15, 0.2) is 0 Å². The van der Waals surface area contributed by atoms with Crippen molar-refractivity contribution in [2.75, 3.05) is 20.3 Å². The van der Waals surface area contributed by atoms with E-state index in [0.717, 1.165) is 57.0 Å². The highest BCUT2D eigenvalue weighted by atomic mass is 32.2. The Bertz CT molecular complexity index is 1340. The zero-order chi connectivity index (χ0) is 26.0. The van der Waals surface area contributed by atoms with Gasteiger partial charge in [0, 0.05) is 23.1 Å². The lowest BCUT2D eigenvalue weighted by Gasteiger charge is -2.17. The van der Waals surface area contributed by atoms with Gasteiger partial charge in [0.2, 0.25) is 0 Å². The summed E-state index contributed by atoms with van der Waals surface area (Å²) in [5.74, 6) is 1.61. The summed E-state index contributed by atoms with van der Waals surface area (Å²) in [6.45, 7) is 10.7. The van der Waals surface area contributed by atoms with Gasteiger partial charge in [-0.3, -0.25) is 14.5 Å². The number of rotatable bonds is 8. The van der Waals surface area contributed by atoms with Crippen LogP contribution in [0.25, 0.3) is 11.8 Å². The fraction of sp³-hybridized carbons (Fsp3) is 0.310. The highest BCUT2D eigenvalue weighted by Crippen LogP contribution is 2.34. The predicted octanol–water partition coefficient (Wildman–Crippen LogP) is 6.65. The van der Waals surface area contributed by atoms with E-state index in [1.165, 1.54) is 4.90 Å². The van der Waals surface area contributed by atoms with Crippen LogP contribution >= 0.6 is 11.8 Å². The van der Waals surface area contributed by atoms with Crippen LogP contribution in [0.15, 0.2) is 53.4 Å². The van der Waals surface area contributed by atoms with Crippen molar-refractivity contribution < 1.29 is 19.1 Å². The Morgan fingerprint density at radius 3 is 2.53 bits per heavy atom. The molecule has 7 heteroatoms. The summed E-state index contributed by atoms with van der Waals surface area (Å²) in [5.41, 5.74) is 6.11. The van der Waals surface area contributed by atoms with Crippen LogP contribution in [0.5, 0.6) is 11.5 Å². The molecule has 2 aromatic carbocycles. The Morgan fingerprint density at radius 2 is 1.81 bits per heavy atom. The minimum atomic E-state index is -0.284. The van der Waals surface area contributed by atoms with E-state index < -0.39 is 0 Å². The highest BCUT2D eigenvalue weighted by molar-refractivity contribution is 8.18. The topological polar surface area (TPSA) is 60.8 Å². The molecule has 0 aliphatic carbocycles. The lowest BCUT2D eigenvalue weighted by atomic mass is 10.0. The van der Waals surface area contributed by atoms with E-state index in [1.807, 2.05) is 63.2 Å². The molecule has 1 aliphatic rings. The van der Waals surface area contributed by atoms with Crippen molar-refractivity contribution in [3.8, 4) is 17.2 Å². The number of hydrogen-bond donors (Lipinski definition) is 0. The molecule has 0 radical (unpaired) electrons. The van der Waals surface area contributed by atoms with Gasteiger partial charge >= 0.3 is 0 Å². The number of hydrogen-bond acceptors (Lipinski definition) is 5. The third-order valence-electron chi connectivity index (χ3n) is 6.31. The molecule has 0 N–H and O–H groups in total. The summed E-state index contributed by atoms with van der Waals surface area (Å²) in [5, 5.41) is -0.273. The monoisotopic (exact) mass is 504 g/mol. The molecule has 36 heavy (non-hydrogen) atoms. The second-order valence-corrected chi connectivity index (χ2v) is 10.2. The summed E-state index contributed by atoms with van der Waals surface area (Å²) in [6.07, 6.45) is 1.81. The number of imide groups is 1. The van der Waals surface area contributed by atoms with Crippen molar-refractivity contribution in [3.05, 3.63) is 81.5 Å². The zero-order valence-electron chi connectivity index (χ0n) is 21.6. The average molecular weight is 505 g/mol. The van der Waals surface area contributed by atoms with Gasteiger partial charge in [-0.05, 0) is 85.5 Å². The normalized spacial score (nSPS) is 14.9. The van der Waals surface area contributed by atoms with Gasteiger partial charge in [-0.2, -0.15) is 0 Å². The molecule has 3 aromatic rings. The number of aromatic nitrogens is 1. The molecule has 0 spiro atoms. The van der Waals surface area contributed by atoms with Crippen molar-refractivity contribution in [2.24, 2.45) is 0 Å². The van der Waals surface area contributed by atoms with Crippen LogP contribution in [0.2, 0.25) is 0 Å². The maximum atomic E-state index is 13.1. The van der Waals surface area contributed by atoms with Crippen molar-refractivity contribution in [2.45, 2.75) is 40.5 Å². The first-order chi connectivity index (χ1) is 17.2. The minimum Gasteiger partial charge on any atom is -0.497 e. The van der Waals surface area contributed by atoms with Crippen LogP contribution in [0.1, 0.15) is 47.8 Å². The molecule has 4 rings (SSSR count). The number of benzene rings is 2. The second-order valence-electron chi connectivity index (χ2n) is 9.24. The number of carbonyl (C=O) groups excluding carboxylic acids is 2. The van der Waals surface area contributed by atoms with Gasteiger partial charge in [-0.25, -0.2) is 0 Å². The average Bonchev–Trinajstić information content (AvgIpc) is 3.27. The van der Waals surface area contributed by atoms with Crippen LogP contribution in [0, 0.1) is 20.8 Å². The van der Waals surface area contributed by atoms with E-state index in [4.69, 9.17) is 9.47 Å². The summed E-state index contributed by atoms with van der Waals surface area (Å²) >= 11 is 0.973. The summed E-state index contributed by atoms with van der Waals surface area (Å²) in [7, 11) is 1.64. The van der Waals surface area contributed by atoms with Gasteiger partial charge in [-0.1, -0.05) is 32.0 Å². The number of methoxy groups -OCH3 is 1. The van der Waals surface area contributed by atoms with Crippen LogP contribution in [0.3, 0.4) is 0 Å². The minimum absolute atomic E-state index is 0.205. The lowest BCUT2D eigenvalue weighted by molar-refractivity contribution is -0.123. The highest BCUT2D eigenvalue weighted by Gasteiger charge is 2.35. The van der Waals surface area contributed by atoms with Gasteiger partial charge in [0.05, 0.1) is 18.6 Å². The molecular weight excluding hydrogens is 472 g/mol. The van der Waals surface area contributed by atoms with Crippen molar-refractivity contribution in [3.63, 3.8) is 0 Å². The number of amides is 2. The van der Waals surface area contributed by atoms with Crippen LogP contribution in [-0.2, 0) is 4.79 Å². The van der Waals surface area contributed by atoms with Gasteiger partial charge in [0.1, 0.15) is 18.1 Å². The van der Waals surface area contributed by atoms with E-state index in [-0.39, 0.29) is 24.3 Å².